The van der Waals surface area contributed by atoms with Crippen LogP contribution in [0.15, 0.2) is 0 Å². The zero-order valence-electron chi connectivity index (χ0n) is 29.3. The first-order chi connectivity index (χ1) is 22.2. The van der Waals surface area contributed by atoms with Gasteiger partial charge in [0.2, 0.25) is 5.91 Å². The number of nitrogens with one attached hydrogen (secondary N) is 1. The van der Waals surface area contributed by atoms with Crippen molar-refractivity contribution >= 4 is 19.5 Å². The number of hydrogen-bond acceptors (Lipinski definition) is 10. The van der Waals surface area contributed by atoms with Crippen LogP contribution in [0.5, 0.6) is 0 Å². The smallest absolute Gasteiger partial charge is 0.394 e. The van der Waals surface area contributed by atoms with Gasteiger partial charge < -0.3 is 25.0 Å². The van der Waals surface area contributed by atoms with E-state index in [0.29, 0.717) is 19.4 Å². The Balaban J connectivity index is 2.82. The molecular weight excluding hydrogens is 613 g/mol. The minimum absolute atomic E-state index is 0.0899. The number of hydrogen-bond donors (Lipinski definition) is 3. The Morgan fingerprint density at radius 1 is 0.783 bits per heavy atom. The molecule has 12 heteroatoms. The lowest BCUT2D eigenvalue weighted by Crippen LogP contribution is -2.65. The summed E-state index contributed by atoms with van der Waals surface area (Å²) in [6, 6.07) is -1.14. The van der Waals surface area contributed by atoms with Crippen molar-refractivity contribution in [2.45, 2.75) is 180 Å². The van der Waals surface area contributed by atoms with Crippen molar-refractivity contribution < 1.29 is 47.4 Å². The largest absolute Gasteiger partial charge is 0.476 e. The molecule has 1 saturated heterocycles. The lowest BCUT2D eigenvalue weighted by atomic mass is 9.96. The third kappa shape index (κ3) is 18.6. The van der Waals surface area contributed by atoms with Crippen molar-refractivity contribution in [3.63, 3.8) is 0 Å². The lowest BCUT2D eigenvalue weighted by Gasteiger charge is -2.44. The summed E-state index contributed by atoms with van der Waals surface area (Å²) in [5, 5.41) is 23.7. The molecule has 272 valence electrons. The number of aliphatic hydroxyl groups excluding tert-OH is 2. The second kappa shape index (κ2) is 27.0. The number of unbranched alkanes of at least 4 members (excludes halogenated alkanes) is 15. The van der Waals surface area contributed by atoms with Crippen molar-refractivity contribution in [3.8, 4) is 0 Å². The first-order valence-corrected chi connectivity index (χ1v) is 19.6. The van der Waals surface area contributed by atoms with Crippen LogP contribution in [0.2, 0.25) is 0 Å². The average molecular weight is 680 g/mol. The molecular formula is C34H66NO10P. The van der Waals surface area contributed by atoms with Crippen LogP contribution in [-0.2, 0) is 37.2 Å². The molecule has 1 fully saturated rings. The molecule has 6 atom stereocenters. The van der Waals surface area contributed by atoms with E-state index in [1.54, 1.807) is 0 Å². The summed E-state index contributed by atoms with van der Waals surface area (Å²) >= 11 is 0. The molecule has 1 heterocycles. The number of ether oxygens (including phenoxy) is 2. The Kier molecular flexibility index (Phi) is 25.3. The monoisotopic (exact) mass is 679 g/mol. The highest BCUT2D eigenvalue weighted by atomic mass is 31.2. The van der Waals surface area contributed by atoms with Gasteiger partial charge in [0, 0.05) is 20.1 Å². The molecule has 1 amide bonds. The topological polar surface area (TPSA) is 150 Å². The molecule has 1 unspecified atom stereocenters. The Morgan fingerprint density at radius 2 is 1.33 bits per heavy atom. The molecule has 1 aliphatic rings. The summed E-state index contributed by atoms with van der Waals surface area (Å²) in [5.74, 6) is -0.770. The van der Waals surface area contributed by atoms with Crippen LogP contribution in [-0.4, -0.2) is 79.5 Å². The fourth-order valence-corrected chi connectivity index (χ4v) is 6.65. The molecule has 0 aromatic heterocycles. The number of phosphoric ester groups is 1. The SMILES string of the molecule is CCCCCCCCCCCC(=O)CC(=O)N[C@H]1[C@@H](OP(=O)(OC)OCCC)O[C@H](CO)[C@@H](O)[C@@H]1OCCCCCCCCCC. The van der Waals surface area contributed by atoms with E-state index in [-0.39, 0.29) is 18.8 Å². The van der Waals surface area contributed by atoms with Crippen molar-refractivity contribution in [1.82, 2.24) is 5.32 Å². The standard InChI is InChI=1S/C34H66NO10P/c1-5-8-10-12-14-16-17-19-21-23-28(37)26-30(38)35-31-33(42-25-22-20-18-15-13-11-9-6-2)32(39)29(27-36)44-34(31)45-46(40,41-4)43-24-7-3/h29,31-34,36,39H,5-27H2,1-4H3,(H,35,38)/t29-,31-,32-,33-,34-,46?/m1/s1. The molecule has 0 aromatic rings. The van der Waals surface area contributed by atoms with Gasteiger partial charge in [-0.05, 0) is 19.3 Å². The van der Waals surface area contributed by atoms with Gasteiger partial charge in [-0.25, -0.2) is 4.57 Å². The summed E-state index contributed by atoms with van der Waals surface area (Å²) in [4.78, 5) is 25.8. The molecule has 0 aromatic carbocycles. The van der Waals surface area contributed by atoms with Crippen LogP contribution >= 0.6 is 7.82 Å². The maximum Gasteiger partial charge on any atom is 0.476 e. The number of amides is 1. The van der Waals surface area contributed by atoms with Crippen LogP contribution < -0.4 is 5.32 Å². The normalized spacial score (nSPS) is 22.9. The molecule has 11 nitrogen and oxygen atoms in total. The Bertz CT molecular complexity index is 832. The van der Waals surface area contributed by atoms with E-state index in [1.165, 1.54) is 64.9 Å². The van der Waals surface area contributed by atoms with Crippen LogP contribution in [0.1, 0.15) is 149 Å². The summed E-state index contributed by atoms with van der Waals surface area (Å²) in [6.45, 7) is 6.04. The zero-order valence-corrected chi connectivity index (χ0v) is 30.2. The maximum atomic E-state index is 13.2. The molecule has 0 bridgehead atoms. The van der Waals surface area contributed by atoms with Gasteiger partial charge in [0.05, 0.1) is 19.6 Å². The van der Waals surface area contributed by atoms with Gasteiger partial charge in [0.15, 0.2) is 6.29 Å². The Labute approximate surface area is 278 Å². The molecule has 0 spiro atoms. The fourth-order valence-electron chi connectivity index (χ4n) is 5.56. The average Bonchev–Trinajstić information content (AvgIpc) is 3.04. The van der Waals surface area contributed by atoms with Gasteiger partial charge in [-0.2, -0.15) is 0 Å². The first-order valence-electron chi connectivity index (χ1n) is 18.1. The third-order valence-electron chi connectivity index (χ3n) is 8.32. The Morgan fingerprint density at radius 3 is 1.85 bits per heavy atom. The molecule has 0 saturated carbocycles. The number of carbonyl (C=O) groups is 2. The van der Waals surface area contributed by atoms with Gasteiger partial charge in [-0.3, -0.25) is 23.2 Å². The van der Waals surface area contributed by atoms with Gasteiger partial charge in [-0.15, -0.1) is 0 Å². The number of carbonyl (C=O) groups excluding carboxylic acids is 2. The molecule has 0 aliphatic carbocycles. The first kappa shape index (κ1) is 43.1. The summed E-state index contributed by atoms with van der Waals surface area (Å²) in [6.07, 6.45) is 14.5. The highest BCUT2D eigenvalue weighted by Gasteiger charge is 2.50. The van der Waals surface area contributed by atoms with Crippen molar-refractivity contribution in [2.24, 2.45) is 0 Å². The molecule has 1 rings (SSSR count). The van der Waals surface area contributed by atoms with Crippen LogP contribution in [0.3, 0.4) is 0 Å². The Hall–Kier alpha value is -0.910. The fraction of sp³-hybridized carbons (Fsp3) is 0.941. The quantitative estimate of drug-likeness (QED) is 0.0406. The van der Waals surface area contributed by atoms with E-state index in [9.17, 15) is 24.4 Å². The number of Topliss-reactive ketones (excluding diaryl/α,β-unsaturated/α-hetero) is 1. The van der Waals surface area contributed by atoms with E-state index in [4.69, 9.17) is 23.0 Å². The molecule has 0 radical (unpaired) electrons. The van der Waals surface area contributed by atoms with Crippen LogP contribution in [0.25, 0.3) is 0 Å². The lowest BCUT2D eigenvalue weighted by molar-refractivity contribution is -0.257. The number of ketones is 1. The highest BCUT2D eigenvalue weighted by molar-refractivity contribution is 7.48. The van der Waals surface area contributed by atoms with E-state index in [1.807, 2.05) is 6.92 Å². The predicted molar refractivity (Wildman–Crippen MR) is 179 cm³/mol. The van der Waals surface area contributed by atoms with E-state index >= 15 is 0 Å². The third-order valence-corrected chi connectivity index (χ3v) is 9.73. The number of aliphatic hydroxyl groups is 2. The van der Waals surface area contributed by atoms with Gasteiger partial charge >= 0.3 is 7.82 Å². The van der Waals surface area contributed by atoms with Crippen molar-refractivity contribution in [2.75, 3.05) is 26.9 Å². The van der Waals surface area contributed by atoms with Crippen LogP contribution in [0.4, 0.5) is 0 Å². The zero-order chi connectivity index (χ0) is 34.0. The second-order valence-corrected chi connectivity index (χ2v) is 14.2. The minimum Gasteiger partial charge on any atom is -0.394 e. The molecule has 1 aliphatic heterocycles. The van der Waals surface area contributed by atoms with Crippen LogP contribution in [0, 0.1) is 0 Å². The summed E-state index contributed by atoms with van der Waals surface area (Å²) in [7, 11) is -2.95. The second-order valence-electron chi connectivity index (χ2n) is 12.5. The number of phosphoric acid groups is 1. The minimum atomic E-state index is -4.12. The van der Waals surface area contributed by atoms with Gasteiger partial charge in [-0.1, -0.05) is 117 Å². The van der Waals surface area contributed by atoms with Gasteiger partial charge in [0.25, 0.3) is 0 Å². The van der Waals surface area contributed by atoms with E-state index in [0.717, 1.165) is 51.4 Å². The summed E-state index contributed by atoms with van der Waals surface area (Å²) in [5.41, 5.74) is 0. The highest BCUT2D eigenvalue weighted by Crippen LogP contribution is 2.51. The van der Waals surface area contributed by atoms with Gasteiger partial charge in [0.1, 0.15) is 30.1 Å². The van der Waals surface area contributed by atoms with E-state index < -0.39 is 51.0 Å². The van der Waals surface area contributed by atoms with Crippen molar-refractivity contribution in [1.29, 1.82) is 0 Å². The summed E-state index contributed by atoms with van der Waals surface area (Å²) < 4.78 is 41.1. The predicted octanol–water partition coefficient (Wildman–Crippen LogP) is 7.15. The van der Waals surface area contributed by atoms with Crippen molar-refractivity contribution in [3.05, 3.63) is 0 Å². The van der Waals surface area contributed by atoms with E-state index in [2.05, 4.69) is 19.2 Å². The maximum absolute atomic E-state index is 13.2. The number of rotatable bonds is 30. The molecule has 46 heavy (non-hydrogen) atoms. The molecule has 3 N–H and O–H groups in total.